The molecule has 36 heavy (non-hydrogen) atoms. The minimum absolute atomic E-state index is 0.176. The zero-order valence-electron chi connectivity index (χ0n) is 18.7. The van der Waals surface area contributed by atoms with E-state index in [1.165, 1.54) is 17.4 Å². The van der Waals surface area contributed by atoms with Gasteiger partial charge in [-0.1, -0.05) is 11.6 Å². The molecule has 3 aliphatic rings. The average molecular weight is 531 g/mol. The highest BCUT2D eigenvalue weighted by molar-refractivity contribution is 7.07. The number of imidazole rings is 1. The first-order chi connectivity index (χ1) is 17.5. The molecular weight excluding hydrogens is 511 g/mol. The molecule has 4 aromatic rings. The van der Waals surface area contributed by atoms with Crippen LogP contribution in [0.4, 0.5) is 4.39 Å². The first-order valence-electron chi connectivity index (χ1n) is 11.5. The van der Waals surface area contributed by atoms with Crippen molar-refractivity contribution < 1.29 is 28.4 Å². The normalized spacial score (nSPS) is 26.9. The van der Waals surface area contributed by atoms with E-state index in [9.17, 15) is 5.11 Å². The van der Waals surface area contributed by atoms with Crippen LogP contribution in [-0.4, -0.2) is 62.7 Å². The number of thiazole rings is 1. The maximum atomic E-state index is 15.1. The number of nitrogens with one attached hydrogen (secondary N) is 1. The Hall–Kier alpha value is -2.83. The van der Waals surface area contributed by atoms with Gasteiger partial charge in [0.1, 0.15) is 35.3 Å². The molecule has 0 bridgehead atoms. The summed E-state index contributed by atoms with van der Waals surface area (Å²) < 4.78 is 38.4. The van der Waals surface area contributed by atoms with Gasteiger partial charge in [0.25, 0.3) is 6.01 Å². The van der Waals surface area contributed by atoms with Gasteiger partial charge in [0.15, 0.2) is 11.8 Å². The maximum absolute atomic E-state index is 15.1. The lowest BCUT2D eigenvalue weighted by atomic mass is 10.0. The molecule has 0 saturated carbocycles. The minimum Gasteiger partial charge on any atom is -0.468 e. The molecule has 0 radical (unpaired) electrons. The van der Waals surface area contributed by atoms with E-state index in [1.807, 2.05) is 11.4 Å². The first kappa shape index (κ1) is 22.4. The molecule has 5 atom stereocenters. The third kappa shape index (κ3) is 3.73. The van der Waals surface area contributed by atoms with Crippen molar-refractivity contribution >= 4 is 34.1 Å². The predicted octanol–water partition coefficient (Wildman–Crippen LogP) is 3.85. The summed E-state index contributed by atoms with van der Waals surface area (Å²) in [5.74, 6) is -0.156. The van der Waals surface area contributed by atoms with Gasteiger partial charge >= 0.3 is 0 Å². The Morgan fingerprint density at radius 1 is 1.14 bits per heavy atom. The highest BCUT2D eigenvalue weighted by Gasteiger charge is 2.48. The number of hydrogen-bond donors (Lipinski definition) is 2. The Morgan fingerprint density at radius 3 is 2.89 bits per heavy atom. The van der Waals surface area contributed by atoms with Crippen molar-refractivity contribution in [1.82, 2.24) is 19.9 Å². The standard InChI is InChI=1S/C24H20ClFN4O5S/c25-12-5-14-22(30-24(28-14)35-18-7-33-20-16(31)6-32-21(18)20)29-23(12)34-17-2-1-10-3-11(4-13(26)19(10)17)15-8-36-9-27-15/h3-5,8-9,16-18,20-21,31H,1-2,6-7H2,(H,28,29,30)/t16-,17?,18-,20-,21-/m1/s1. The molecule has 1 aliphatic carbocycles. The second kappa shape index (κ2) is 8.63. The number of aromatic amines is 1. The summed E-state index contributed by atoms with van der Waals surface area (Å²) in [5.41, 5.74) is 5.58. The summed E-state index contributed by atoms with van der Waals surface area (Å²) in [6, 6.07) is 5.35. The molecule has 1 aromatic carbocycles. The fourth-order valence-electron chi connectivity index (χ4n) is 5.13. The number of hydrogen-bond acceptors (Lipinski definition) is 9. The van der Waals surface area contributed by atoms with E-state index < -0.39 is 24.4 Å². The summed E-state index contributed by atoms with van der Waals surface area (Å²) in [4.78, 5) is 16.2. The zero-order chi connectivity index (χ0) is 24.4. The van der Waals surface area contributed by atoms with E-state index in [-0.39, 0.29) is 42.0 Å². The molecule has 0 spiro atoms. The van der Waals surface area contributed by atoms with Crippen molar-refractivity contribution in [3.05, 3.63) is 51.1 Å². The van der Waals surface area contributed by atoms with Crippen molar-refractivity contribution in [3.8, 4) is 23.1 Å². The first-order valence-corrected chi connectivity index (χ1v) is 12.9. The monoisotopic (exact) mass is 530 g/mol. The predicted molar refractivity (Wildman–Crippen MR) is 128 cm³/mol. The van der Waals surface area contributed by atoms with Gasteiger partial charge in [-0.2, -0.15) is 9.97 Å². The highest BCUT2D eigenvalue weighted by Crippen LogP contribution is 2.40. The number of rotatable bonds is 5. The lowest BCUT2D eigenvalue weighted by molar-refractivity contribution is 0.00706. The van der Waals surface area contributed by atoms with Crippen molar-refractivity contribution in [1.29, 1.82) is 0 Å². The molecule has 2 aliphatic heterocycles. The van der Waals surface area contributed by atoms with Crippen LogP contribution in [0.15, 0.2) is 29.1 Å². The van der Waals surface area contributed by atoms with Crippen LogP contribution in [-0.2, 0) is 15.9 Å². The van der Waals surface area contributed by atoms with Crippen molar-refractivity contribution in [2.75, 3.05) is 13.2 Å². The van der Waals surface area contributed by atoms with Crippen LogP contribution in [0.1, 0.15) is 23.7 Å². The van der Waals surface area contributed by atoms with Crippen molar-refractivity contribution in [2.24, 2.45) is 0 Å². The van der Waals surface area contributed by atoms with Crippen LogP contribution >= 0.6 is 22.9 Å². The number of pyridine rings is 1. The number of aliphatic hydroxyl groups excluding tert-OH is 1. The summed E-state index contributed by atoms with van der Waals surface area (Å²) in [6.07, 6.45) is -1.07. The molecule has 2 saturated heterocycles. The second-order valence-corrected chi connectivity index (χ2v) is 10.2. The zero-order valence-corrected chi connectivity index (χ0v) is 20.3. The van der Waals surface area contributed by atoms with E-state index in [1.54, 1.807) is 11.6 Å². The Balaban J connectivity index is 1.12. The highest BCUT2D eigenvalue weighted by atomic mass is 35.5. The van der Waals surface area contributed by atoms with Crippen LogP contribution in [0.25, 0.3) is 22.4 Å². The molecule has 186 valence electrons. The number of nitrogens with zero attached hydrogens (tertiary/aromatic N) is 3. The van der Waals surface area contributed by atoms with Crippen LogP contribution < -0.4 is 9.47 Å². The number of halogens is 2. The van der Waals surface area contributed by atoms with Crippen molar-refractivity contribution in [3.63, 3.8) is 0 Å². The van der Waals surface area contributed by atoms with Gasteiger partial charge in [-0.05, 0) is 36.6 Å². The maximum Gasteiger partial charge on any atom is 0.296 e. The Bertz CT molecular complexity index is 1450. The number of aryl methyl sites for hydroxylation is 1. The van der Waals surface area contributed by atoms with E-state index in [2.05, 4.69) is 19.9 Å². The molecule has 0 amide bonds. The molecule has 9 nitrogen and oxygen atoms in total. The van der Waals surface area contributed by atoms with Crippen LogP contribution in [0.2, 0.25) is 5.02 Å². The van der Waals surface area contributed by atoms with E-state index in [0.717, 1.165) is 16.8 Å². The Morgan fingerprint density at radius 2 is 2.03 bits per heavy atom. The summed E-state index contributed by atoms with van der Waals surface area (Å²) >= 11 is 7.94. The second-order valence-electron chi connectivity index (χ2n) is 9.06. The fourth-order valence-corrected chi connectivity index (χ4v) is 5.89. The number of H-pyrrole nitrogens is 1. The topological polar surface area (TPSA) is 112 Å². The quantitative estimate of drug-likeness (QED) is 0.400. The molecule has 5 heterocycles. The van der Waals surface area contributed by atoms with E-state index >= 15 is 4.39 Å². The number of fused-ring (bicyclic) bond motifs is 3. The molecule has 2 fully saturated rings. The van der Waals surface area contributed by atoms with Gasteiger partial charge in [-0.25, -0.2) is 9.37 Å². The lowest BCUT2D eigenvalue weighted by Crippen LogP contribution is -2.34. The number of ether oxygens (including phenoxy) is 4. The van der Waals surface area contributed by atoms with Crippen LogP contribution in [0, 0.1) is 5.82 Å². The van der Waals surface area contributed by atoms with Gasteiger partial charge in [-0.15, -0.1) is 11.3 Å². The average Bonchev–Trinajstić information content (AvgIpc) is 3.66. The summed E-state index contributed by atoms with van der Waals surface area (Å²) in [5, 5.41) is 12.1. The lowest BCUT2D eigenvalue weighted by Gasteiger charge is -2.16. The van der Waals surface area contributed by atoms with Crippen LogP contribution in [0.3, 0.4) is 0 Å². The third-order valence-corrected chi connectivity index (χ3v) is 7.67. The fraction of sp³-hybridized carbons (Fsp3) is 0.375. The molecule has 12 heteroatoms. The number of aromatic nitrogens is 4. The van der Waals surface area contributed by atoms with Crippen molar-refractivity contribution in [2.45, 2.75) is 43.4 Å². The van der Waals surface area contributed by atoms with Gasteiger partial charge in [0, 0.05) is 16.5 Å². The number of benzene rings is 1. The summed E-state index contributed by atoms with van der Waals surface area (Å²) in [6.45, 7) is 0.493. The molecule has 7 rings (SSSR count). The van der Waals surface area contributed by atoms with Gasteiger partial charge in [0.05, 0.1) is 29.9 Å². The molecule has 2 N–H and O–H groups in total. The number of aliphatic hydroxyl groups is 1. The van der Waals surface area contributed by atoms with Crippen LogP contribution in [0.5, 0.6) is 11.9 Å². The largest absolute Gasteiger partial charge is 0.468 e. The van der Waals surface area contributed by atoms with Gasteiger partial charge in [-0.3, -0.25) is 0 Å². The van der Waals surface area contributed by atoms with E-state index in [4.69, 9.17) is 30.5 Å². The Labute approximate surface area is 213 Å². The molecular formula is C24H20ClFN4O5S. The minimum atomic E-state index is -0.663. The van der Waals surface area contributed by atoms with Gasteiger partial charge in [0.2, 0.25) is 5.88 Å². The third-order valence-electron chi connectivity index (χ3n) is 6.81. The SMILES string of the molecule is O[C@@H]1CO[C@H]2[C@@H]1OC[C@H]2Oc1nc2nc(OC3CCc4cc(-c5cscn5)cc(F)c43)c(Cl)cc2[nH]1. The molecule has 3 aromatic heterocycles. The van der Waals surface area contributed by atoms with E-state index in [0.29, 0.717) is 29.6 Å². The Kier molecular flexibility index (Phi) is 5.37. The summed E-state index contributed by atoms with van der Waals surface area (Å²) in [7, 11) is 0. The smallest absolute Gasteiger partial charge is 0.296 e. The van der Waals surface area contributed by atoms with Gasteiger partial charge < -0.3 is 29.0 Å². The molecule has 1 unspecified atom stereocenters.